The van der Waals surface area contributed by atoms with Crippen molar-refractivity contribution in [3.8, 4) is 5.69 Å². The standard InChI is InChI=1S/C17H23N3O/c1-14-4-2-5-15(10-14)20-7-3-6-16(20)12-19-8-9-21-17(11-18)13-19/h2-7,10,17H,8-9,11-13,18H2,1H3/t17-/m1/s1. The Hall–Kier alpha value is -1.62. The number of ether oxygens (including phenoxy) is 1. The van der Waals surface area contributed by atoms with Gasteiger partial charge in [-0.3, -0.25) is 4.90 Å². The molecule has 2 heterocycles. The van der Waals surface area contributed by atoms with E-state index < -0.39 is 0 Å². The fourth-order valence-electron chi connectivity index (χ4n) is 2.87. The third-order valence-corrected chi connectivity index (χ3v) is 3.98. The Morgan fingerprint density at radius 2 is 2.19 bits per heavy atom. The molecule has 0 aliphatic carbocycles. The van der Waals surface area contributed by atoms with Crippen molar-refractivity contribution in [2.24, 2.45) is 5.73 Å². The number of hydrogen-bond acceptors (Lipinski definition) is 3. The Morgan fingerprint density at radius 3 is 3.00 bits per heavy atom. The number of aromatic nitrogens is 1. The first-order chi connectivity index (χ1) is 10.3. The van der Waals surface area contributed by atoms with E-state index in [2.05, 4.69) is 59.0 Å². The number of rotatable bonds is 4. The summed E-state index contributed by atoms with van der Waals surface area (Å²) < 4.78 is 7.90. The molecule has 112 valence electrons. The average molecular weight is 285 g/mol. The van der Waals surface area contributed by atoms with Gasteiger partial charge in [0.05, 0.1) is 12.7 Å². The Labute approximate surface area is 126 Å². The molecule has 1 aliphatic rings. The lowest BCUT2D eigenvalue weighted by Crippen LogP contribution is -2.45. The molecule has 0 unspecified atom stereocenters. The molecule has 1 atom stereocenters. The maximum Gasteiger partial charge on any atom is 0.0824 e. The van der Waals surface area contributed by atoms with Crippen molar-refractivity contribution in [2.45, 2.75) is 19.6 Å². The molecule has 1 aliphatic heterocycles. The second kappa shape index (κ2) is 6.43. The van der Waals surface area contributed by atoms with E-state index in [0.717, 1.165) is 26.2 Å². The van der Waals surface area contributed by atoms with Gasteiger partial charge in [-0.2, -0.15) is 0 Å². The van der Waals surface area contributed by atoms with E-state index >= 15 is 0 Å². The minimum absolute atomic E-state index is 0.168. The SMILES string of the molecule is Cc1cccc(-n2cccc2CN2CCO[C@H](CN)C2)c1. The normalized spacial score (nSPS) is 19.8. The highest BCUT2D eigenvalue weighted by Gasteiger charge is 2.20. The second-order valence-electron chi connectivity index (χ2n) is 5.67. The monoisotopic (exact) mass is 285 g/mol. The van der Waals surface area contributed by atoms with Gasteiger partial charge in [0.2, 0.25) is 0 Å². The Morgan fingerprint density at radius 1 is 1.29 bits per heavy atom. The van der Waals surface area contributed by atoms with Crippen molar-refractivity contribution < 1.29 is 4.74 Å². The molecule has 1 fully saturated rings. The van der Waals surface area contributed by atoms with Crippen LogP contribution in [0.15, 0.2) is 42.6 Å². The highest BCUT2D eigenvalue weighted by molar-refractivity contribution is 5.38. The van der Waals surface area contributed by atoms with E-state index in [1.807, 2.05) is 0 Å². The molecule has 1 aromatic heterocycles. The van der Waals surface area contributed by atoms with Gasteiger partial charge in [0.25, 0.3) is 0 Å². The van der Waals surface area contributed by atoms with Gasteiger partial charge in [-0.15, -0.1) is 0 Å². The second-order valence-corrected chi connectivity index (χ2v) is 5.67. The van der Waals surface area contributed by atoms with E-state index in [0.29, 0.717) is 6.54 Å². The summed E-state index contributed by atoms with van der Waals surface area (Å²) in [7, 11) is 0. The van der Waals surface area contributed by atoms with Crippen LogP contribution in [0, 0.1) is 6.92 Å². The van der Waals surface area contributed by atoms with Gasteiger partial charge < -0.3 is 15.0 Å². The highest BCUT2D eigenvalue weighted by Crippen LogP contribution is 2.17. The number of morpholine rings is 1. The first kappa shape index (κ1) is 14.3. The van der Waals surface area contributed by atoms with Crippen LogP contribution in [0.1, 0.15) is 11.3 Å². The summed E-state index contributed by atoms with van der Waals surface area (Å²) in [6.07, 6.45) is 2.30. The first-order valence-corrected chi connectivity index (χ1v) is 7.53. The van der Waals surface area contributed by atoms with Crippen LogP contribution in [0.2, 0.25) is 0 Å². The lowest BCUT2D eigenvalue weighted by Gasteiger charge is -2.32. The van der Waals surface area contributed by atoms with Crippen molar-refractivity contribution in [1.29, 1.82) is 0 Å². The van der Waals surface area contributed by atoms with Crippen molar-refractivity contribution in [3.63, 3.8) is 0 Å². The molecule has 0 spiro atoms. The van der Waals surface area contributed by atoms with Gasteiger partial charge >= 0.3 is 0 Å². The first-order valence-electron chi connectivity index (χ1n) is 7.53. The van der Waals surface area contributed by atoms with E-state index in [4.69, 9.17) is 10.5 Å². The zero-order valence-electron chi connectivity index (χ0n) is 12.5. The molecule has 4 heteroatoms. The van der Waals surface area contributed by atoms with E-state index in [1.54, 1.807) is 0 Å². The lowest BCUT2D eigenvalue weighted by atomic mass is 10.2. The number of benzene rings is 1. The molecule has 2 aromatic rings. The number of aryl methyl sites for hydroxylation is 1. The topological polar surface area (TPSA) is 43.4 Å². The molecular formula is C17H23N3O. The molecule has 3 rings (SSSR count). The maximum atomic E-state index is 5.72. The zero-order valence-corrected chi connectivity index (χ0v) is 12.5. The molecule has 0 radical (unpaired) electrons. The van der Waals surface area contributed by atoms with Gasteiger partial charge in [-0.1, -0.05) is 12.1 Å². The lowest BCUT2D eigenvalue weighted by molar-refractivity contribution is -0.0265. The van der Waals surface area contributed by atoms with Crippen molar-refractivity contribution in [3.05, 3.63) is 53.9 Å². The summed E-state index contributed by atoms with van der Waals surface area (Å²) in [5.74, 6) is 0. The van der Waals surface area contributed by atoms with Crippen LogP contribution in [0.3, 0.4) is 0 Å². The fourth-order valence-corrected chi connectivity index (χ4v) is 2.87. The molecule has 0 bridgehead atoms. The van der Waals surface area contributed by atoms with Gasteiger partial charge in [0.15, 0.2) is 0 Å². The fraction of sp³-hybridized carbons (Fsp3) is 0.412. The molecule has 1 aromatic carbocycles. The Bertz CT molecular complexity index is 593. The predicted molar refractivity (Wildman–Crippen MR) is 84.6 cm³/mol. The maximum absolute atomic E-state index is 5.72. The van der Waals surface area contributed by atoms with Crippen LogP contribution in [0.25, 0.3) is 5.69 Å². The summed E-state index contributed by atoms with van der Waals surface area (Å²) in [6.45, 7) is 6.30. The third kappa shape index (κ3) is 3.35. The zero-order chi connectivity index (χ0) is 14.7. The Kier molecular flexibility index (Phi) is 4.39. The van der Waals surface area contributed by atoms with Crippen LogP contribution in [-0.4, -0.2) is 41.8 Å². The number of hydrogen-bond donors (Lipinski definition) is 1. The van der Waals surface area contributed by atoms with Crippen LogP contribution in [-0.2, 0) is 11.3 Å². The third-order valence-electron chi connectivity index (χ3n) is 3.98. The van der Waals surface area contributed by atoms with E-state index in [-0.39, 0.29) is 6.10 Å². The number of nitrogens with zero attached hydrogens (tertiary/aromatic N) is 2. The summed E-state index contributed by atoms with van der Waals surface area (Å²) in [5, 5.41) is 0. The number of nitrogens with two attached hydrogens (primary N) is 1. The van der Waals surface area contributed by atoms with Crippen LogP contribution in [0.4, 0.5) is 0 Å². The molecule has 2 N–H and O–H groups in total. The summed E-state index contributed by atoms with van der Waals surface area (Å²) >= 11 is 0. The molecule has 1 saturated heterocycles. The molecule has 0 saturated carbocycles. The minimum atomic E-state index is 0.168. The molecule has 21 heavy (non-hydrogen) atoms. The van der Waals surface area contributed by atoms with Crippen LogP contribution >= 0.6 is 0 Å². The van der Waals surface area contributed by atoms with E-state index in [1.165, 1.54) is 16.9 Å². The largest absolute Gasteiger partial charge is 0.374 e. The predicted octanol–water partition coefficient (Wildman–Crippen LogP) is 1.95. The van der Waals surface area contributed by atoms with Gasteiger partial charge in [-0.25, -0.2) is 0 Å². The quantitative estimate of drug-likeness (QED) is 0.933. The van der Waals surface area contributed by atoms with Crippen molar-refractivity contribution in [1.82, 2.24) is 9.47 Å². The van der Waals surface area contributed by atoms with Crippen LogP contribution < -0.4 is 5.73 Å². The smallest absolute Gasteiger partial charge is 0.0824 e. The minimum Gasteiger partial charge on any atom is -0.374 e. The van der Waals surface area contributed by atoms with Gasteiger partial charge in [-0.05, 0) is 36.8 Å². The van der Waals surface area contributed by atoms with E-state index in [9.17, 15) is 0 Å². The molecule has 4 nitrogen and oxygen atoms in total. The van der Waals surface area contributed by atoms with Crippen molar-refractivity contribution >= 4 is 0 Å². The Balaban J connectivity index is 1.76. The van der Waals surface area contributed by atoms with Crippen molar-refractivity contribution in [2.75, 3.05) is 26.2 Å². The summed E-state index contributed by atoms with van der Waals surface area (Å²) in [5.41, 5.74) is 9.52. The van der Waals surface area contributed by atoms with Gasteiger partial charge in [0, 0.05) is 43.8 Å². The molecular weight excluding hydrogens is 262 g/mol. The average Bonchev–Trinajstić information content (AvgIpc) is 2.95. The van der Waals surface area contributed by atoms with Crippen LogP contribution in [0.5, 0.6) is 0 Å². The summed E-state index contributed by atoms with van der Waals surface area (Å²) in [4.78, 5) is 2.42. The van der Waals surface area contributed by atoms with Gasteiger partial charge in [0.1, 0.15) is 0 Å². The highest BCUT2D eigenvalue weighted by atomic mass is 16.5. The summed E-state index contributed by atoms with van der Waals surface area (Å²) in [6, 6.07) is 12.9. The molecule has 0 amide bonds.